The second-order valence-electron chi connectivity index (χ2n) is 3.10. The van der Waals surface area contributed by atoms with E-state index >= 15 is 0 Å². The summed E-state index contributed by atoms with van der Waals surface area (Å²) in [7, 11) is 3.29. The third-order valence-corrected chi connectivity index (χ3v) is 2.26. The van der Waals surface area contributed by atoms with Gasteiger partial charge in [-0.2, -0.15) is 0 Å². The largest absolute Gasteiger partial charge is 0.362 e. The van der Waals surface area contributed by atoms with Crippen LogP contribution in [0.4, 0.5) is 0 Å². The predicted octanol–water partition coefficient (Wildman–Crippen LogP) is 1.97. The SMILES string of the molecule is COCN(OC)C1=Cc2ccccc21. The Hall–Kier alpha value is -1.32. The van der Waals surface area contributed by atoms with Crippen molar-refractivity contribution < 1.29 is 9.57 Å². The fourth-order valence-electron chi connectivity index (χ4n) is 1.55. The van der Waals surface area contributed by atoms with Crippen LogP contribution in [0.5, 0.6) is 0 Å². The molecule has 0 amide bonds. The molecular weight excluding hydrogens is 178 g/mol. The Balaban J connectivity index is 2.16. The number of rotatable bonds is 4. The molecule has 3 heteroatoms. The molecule has 0 bridgehead atoms. The second-order valence-corrected chi connectivity index (χ2v) is 3.10. The summed E-state index contributed by atoms with van der Waals surface area (Å²) in [5.74, 6) is 0. The first kappa shape index (κ1) is 9.24. The van der Waals surface area contributed by atoms with E-state index in [0.717, 1.165) is 5.70 Å². The van der Waals surface area contributed by atoms with Crippen molar-refractivity contribution in [3.8, 4) is 0 Å². The second kappa shape index (κ2) is 3.82. The molecule has 0 fully saturated rings. The van der Waals surface area contributed by atoms with Crippen molar-refractivity contribution in [1.82, 2.24) is 5.06 Å². The van der Waals surface area contributed by atoms with Gasteiger partial charge < -0.3 is 4.74 Å². The first-order valence-electron chi connectivity index (χ1n) is 4.48. The van der Waals surface area contributed by atoms with Crippen LogP contribution in [-0.2, 0) is 9.57 Å². The Morgan fingerprint density at radius 2 is 2.00 bits per heavy atom. The summed E-state index contributed by atoms with van der Waals surface area (Å²) in [4.78, 5) is 5.19. The molecule has 0 unspecified atom stereocenters. The number of benzene rings is 1. The smallest absolute Gasteiger partial charge is 0.143 e. The summed E-state index contributed by atoms with van der Waals surface area (Å²) in [6.07, 6.45) is 2.08. The number of fused-ring (bicyclic) bond motifs is 1. The highest BCUT2D eigenvalue weighted by atomic mass is 16.7. The van der Waals surface area contributed by atoms with E-state index in [0.29, 0.717) is 6.73 Å². The van der Waals surface area contributed by atoms with Crippen LogP contribution in [0.3, 0.4) is 0 Å². The van der Waals surface area contributed by atoms with Crippen molar-refractivity contribution in [3.05, 3.63) is 35.4 Å². The van der Waals surface area contributed by atoms with Gasteiger partial charge in [-0.05, 0) is 11.6 Å². The van der Waals surface area contributed by atoms with Gasteiger partial charge >= 0.3 is 0 Å². The number of methoxy groups -OCH3 is 1. The van der Waals surface area contributed by atoms with E-state index in [1.165, 1.54) is 11.1 Å². The van der Waals surface area contributed by atoms with Crippen molar-refractivity contribution in [2.24, 2.45) is 0 Å². The minimum Gasteiger partial charge on any atom is -0.362 e. The molecule has 1 aliphatic rings. The van der Waals surface area contributed by atoms with Crippen LogP contribution in [0, 0.1) is 0 Å². The molecule has 0 aromatic heterocycles. The summed E-state index contributed by atoms with van der Waals surface area (Å²) >= 11 is 0. The van der Waals surface area contributed by atoms with E-state index in [2.05, 4.69) is 18.2 Å². The van der Waals surface area contributed by atoms with Crippen LogP contribution in [0.2, 0.25) is 0 Å². The van der Waals surface area contributed by atoms with E-state index in [-0.39, 0.29) is 0 Å². The first-order valence-corrected chi connectivity index (χ1v) is 4.48. The minimum atomic E-state index is 0.441. The molecule has 3 nitrogen and oxygen atoms in total. The Labute approximate surface area is 83.5 Å². The van der Waals surface area contributed by atoms with Crippen molar-refractivity contribution >= 4 is 11.8 Å². The Kier molecular flexibility index (Phi) is 2.52. The lowest BCUT2D eigenvalue weighted by atomic mass is 9.94. The average Bonchev–Trinajstić information content (AvgIpc) is 2.18. The van der Waals surface area contributed by atoms with E-state index in [1.54, 1.807) is 19.3 Å². The van der Waals surface area contributed by atoms with Gasteiger partial charge in [-0.25, -0.2) is 5.06 Å². The van der Waals surface area contributed by atoms with Gasteiger partial charge in [0.15, 0.2) is 0 Å². The molecule has 0 atom stereocenters. The zero-order chi connectivity index (χ0) is 9.97. The Bertz CT molecular complexity index is 360. The number of hydroxylamine groups is 2. The van der Waals surface area contributed by atoms with Crippen LogP contribution < -0.4 is 0 Å². The first-order chi connectivity index (χ1) is 6.86. The van der Waals surface area contributed by atoms with Gasteiger partial charge in [0, 0.05) is 12.7 Å². The molecule has 1 aliphatic carbocycles. The number of hydrogen-bond donors (Lipinski definition) is 0. The Morgan fingerprint density at radius 1 is 1.21 bits per heavy atom. The van der Waals surface area contributed by atoms with Gasteiger partial charge in [-0.1, -0.05) is 24.3 Å². The zero-order valence-corrected chi connectivity index (χ0v) is 8.36. The summed E-state index contributed by atoms with van der Waals surface area (Å²) in [6.45, 7) is 0.441. The van der Waals surface area contributed by atoms with Gasteiger partial charge in [0.2, 0.25) is 0 Å². The van der Waals surface area contributed by atoms with E-state index in [1.807, 2.05) is 12.1 Å². The molecule has 0 heterocycles. The molecule has 0 saturated heterocycles. The molecule has 0 radical (unpaired) electrons. The highest BCUT2D eigenvalue weighted by molar-refractivity contribution is 5.94. The highest BCUT2D eigenvalue weighted by Gasteiger charge is 2.20. The summed E-state index contributed by atoms with van der Waals surface area (Å²) in [5.41, 5.74) is 3.54. The lowest BCUT2D eigenvalue weighted by molar-refractivity contribution is -0.133. The maximum Gasteiger partial charge on any atom is 0.143 e. The molecule has 14 heavy (non-hydrogen) atoms. The molecule has 0 spiro atoms. The van der Waals surface area contributed by atoms with E-state index in [9.17, 15) is 0 Å². The third-order valence-electron chi connectivity index (χ3n) is 2.26. The summed E-state index contributed by atoms with van der Waals surface area (Å²) < 4.78 is 5.03. The Morgan fingerprint density at radius 3 is 2.64 bits per heavy atom. The van der Waals surface area contributed by atoms with Crippen molar-refractivity contribution in [1.29, 1.82) is 0 Å². The molecular formula is C11H13NO2. The third kappa shape index (κ3) is 1.41. The highest BCUT2D eigenvalue weighted by Crippen LogP contribution is 2.34. The van der Waals surface area contributed by atoms with Gasteiger partial charge in [0.1, 0.15) is 6.73 Å². The summed E-state index contributed by atoms with van der Waals surface area (Å²) in [5, 5.41) is 1.72. The summed E-state index contributed by atoms with van der Waals surface area (Å²) in [6, 6.07) is 8.21. The van der Waals surface area contributed by atoms with Crippen molar-refractivity contribution in [3.63, 3.8) is 0 Å². The predicted molar refractivity (Wildman–Crippen MR) is 55.0 cm³/mol. The fourth-order valence-corrected chi connectivity index (χ4v) is 1.55. The lowest BCUT2D eigenvalue weighted by Gasteiger charge is -2.29. The van der Waals surface area contributed by atoms with Gasteiger partial charge in [-0.3, -0.25) is 4.84 Å². The number of nitrogens with zero attached hydrogens (tertiary/aromatic N) is 1. The van der Waals surface area contributed by atoms with Gasteiger partial charge in [0.25, 0.3) is 0 Å². The fraction of sp³-hybridized carbons (Fsp3) is 0.273. The molecule has 1 aromatic carbocycles. The van der Waals surface area contributed by atoms with Crippen molar-refractivity contribution in [2.75, 3.05) is 21.0 Å². The van der Waals surface area contributed by atoms with Crippen LogP contribution >= 0.6 is 0 Å². The minimum absolute atomic E-state index is 0.441. The normalized spacial score (nSPS) is 12.9. The van der Waals surface area contributed by atoms with Crippen LogP contribution in [-0.4, -0.2) is 26.0 Å². The van der Waals surface area contributed by atoms with E-state index < -0.39 is 0 Å². The standard InChI is InChI=1S/C11H13NO2/c1-13-8-12(14-2)11-7-9-5-3-4-6-10(9)11/h3-7H,8H2,1-2H3. The quantitative estimate of drug-likeness (QED) is 0.536. The average molecular weight is 191 g/mol. The molecule has 2 rings (SSSR count). The number of hydrogen-bond acceptors (Lipinski definition) is 3. The van der Waals surface area contributed by atoms with Crippen LogP contribution in [0.25, 0.3) is 11.8 Å². The lowest BCUT2D eigenvalue weighted by Crippen LogP contribution is -2.26. The van der Waals surface area contributed by atoms with Crippen LogP contribution in [0.1, 0.15) is 11.1 Å². The topological polar surface area (TPSA) is 21.7 Å². The molecule has 1 aromatic rings. The maximum atomic E-state index is 5.19. The number of ether oxygens (including phenoxy) is 1. The molecule has 0 N–H and O–H groups in total. The van der Waals surface area contributed by atoms with E-state index in [4.69, 9.17) is 9.57 Å². The zero-order valence-electron chi connectivity index (χ0n) is 8.36. The van der Waals surface area contributed by atoms with Crippen molar-refractivity contribution in [2.45, 2.75) is 0 Å². The van der Waals surface area contributed by atoms with Gasteiger partial charge in [0.05, 0.1) is 12.8 Å². The van der Waals surface area contributed by atoms with Crippen LogP contribution in [0.15, 0.2) is 24.3 Å². The molecule has 0 aliphatic heterocycles. The monoisotopic (exact) mass is 191 g/mol. The molecule has 0 saturated carbocycles. The maximum absolute atomic E-state index is 5.19. The van der Waals surface area contributed by atoms with Gasteiger partial charge in [-0.15, -0.1) is 0 Å². The molecule has 74 valence electrons.